The summed E-state index contributed by atoms with van der Waals surface area (Å²) in [5, 5.41) is 9.30. The summed E-state index contributed by atoms with van der Waals surface area (Å²) in [6.45, 7) is 0.427. The first-order valence-electron chi connectivity index (χ1n) is 7.75. The molecule has 3 aromatic rings. The number of carbonyl (C=O) groups excluding carboxylic acids is 1. The van der Waals surface area contributed by atoms with Gasteiger partial charge in [0.1, 0.15) is 17.5 Å². The molecule has 0 aliphatic carbocycles. The van der Waals surface area contributed by atoms with E-state index >= 15 is 0 Å². The first-order valence-corrected chi connectivity index (χ1v) is 8.63. The highest BCUT2D eigenvalue weighted by molar-refractivity contribution is 7.10. The second-order valence-electron chi connectivity index (χ2n) is 5.29. The second kappa shape index (κ2) is 7.85. The van der Waals surface area contributed by atoms with Gasteiger partial charge >= 0.3 is 0 Å². The summed E-state index contributed by atoms with van der Waals surface area (Å²) in [6.07, 6.45) is 3.62. The fraction of sp³-hybridized carbons (Fsp3) is 0.222. The smallest absolute Gasteiger partial charge is 0.255 e. The van der Waals surface area contributed by atoms with Gasteiger partial charge in [-0.05, 0) is 29.6 Å². The van der Waals surface area contributed by atoms with Gasteiger partial charge < -0.3 is 14.8 Å². The molecule has 2 heterocycles. The largest absolute Gasteiger partial charge is 0.497 e. The summed E-state index contributed by atoms with van der Waals surface area (Å²) in [5.41, 5.74) is 0.466. The van der Waals surface area contributed by atoms with E-state index in [2.05, 4.69) is 10.4 Å². The highest BCUT2D eigenvalue weighted by Crippen LogP contribution is 2.25. The van der Waals surface area contributed by atoms with E-state index in [1.807, 2.05) is 34.5 Å². The van der Waals surface area contributed by atoms with Gasteiger partial charge in [0.2, 0.25) is 0 Å². The van der Waals surface area contributed by atoms with E-state index in [4.69, 9.17) is 9.47 Å². The molecule has 0 radical (unpaired) electrons. The van der Waals surface area contributed by atoms with Gasteiger partial charge in [0.05, 0.1) is 19.8 Å². The Morgan fingerprint density at radius 3 is 2.80 bits per heavy atom. The van der Waals surface area contributed by atoms with Crippen LogP contribution < -0.4 is 14.8 Å². The van der Waals surface area contributed by atoms with Gasteiger partial charge in [0.15, 0.2) is 0 Å². The van der Waals surface area contributed by atoms with Crippen molar-refractivity contribution in [3.05, 3.63) is 64.6 Å². The predicted molar refractivity (Wildman–Crippen MR) is 96.6 cm³/mol. The molecule has 1 amide bonds. The number of hydrogen-bond donors (Lipinski definition) is 1. The van der Waals surface area contributed by atoms with Crippen LogP contribution in [0.4, 0.5) is 0 Å². The molecule has 3 rings (SSSR count). The molecule has 0 aliphatic rings. The Morgan fingerprint density at radius 1 is 1.28 bits per heavy atom. The number of amides is 1. The minimum Gasteiger partial charge on any atom is -0.497 e. The molecule has 25 heavy (non-hydrogen) atoms. The number of benzene rings is 1. The molecule has 130 valence electrons. The van der Waals surface area contributed by atoms with Crippen molar-refractivity contribution >= 4 is 17.2 Å². The molecule has 7 heteroatoms. The van der Waals surface area contributed by atoms with Gasteiger partial charge in [0.25, 0.3) is 5.91 Å². The van der Waals surface area contributed by atoms with Crippen molar-refractivity contribution in [3.8, 4) is 11.5 Å². The van der Waals surface area contributed by atoms with Gasteiger partial charge in [-0.1, -0.05) is 6.07 Å². The molecule has 0 spiro atoms. The van der Waals surface area contributed by atoms with E-state index in [-0.39, 0.29) is 11.9 Å². The normalized spacial score (nSPS) is 11.8. The van der Waals surface area contributed by atoms with Gasteiger partial charge in [-0.25, -0.2) is 0 Å². The van der Waals surface area contributed by atoms with Crippen molar-refractivity contribution in [2.24, 2.45) is 0 Å². The van der Waals surface area contributed by atoms with E-state index in [0.29, 0.717) is 23.6 Å². The summed E-state index contributed by atoms with van der Waals surface area (Å²) in [4.78, 5) is 13.7. The van der Waals surface area contributed by atoms with Crippen LogP contribution in [0.3, 0.4) is 0 Å². The van der Waals surface area contributed by atoms with Gasteiger partial charge in [-0.15, -0.1) is 11.3 Å². The lowest BCUT2D eigenvalue weighted by Crippen LogP contribution is -2.31. The summed E-state index contributed by atoms with van der Waals surface area (Å²) < 4.78 is 12.3. The lowest BCUT2D eigenvalue weighted by atomic mass is 10.1. The summed E-state index contributed by atoms with van der Waals surface area (Å²) in [5.74, 6) is 0.915. The van der Waals surface area contributed by atoms with Crippen LogP contribution in [0.1, 0.15) is 21.3 Å². The predicted octanol–water partition coefficient (Wildman–Crippen LogP) is 2.98. The number of rotatable bonds is 7. The molecule has 6 nitrogen and oxygen atoms in total. The molecule has 2 aromatic heterocycles. The zero-order chi connectivity index (χ0) is 17.6. The average molecular weight is 357 g/mol. The Morgan fingerprint density at radius 2 is 2.16 bits per heavy atom. The van der Waals surface area contributed by atoms with Crippen LogP contribution in [-0.2, 0) is 0 Å². The molecule has 0 saturated heterocycles. The number of carbonyl (C=O) groups is 1. The van der Waals surface area contributed by atoms with Crippen molar-refractivity contribution in [2.75, 3.05) is 20.8 Å². The standard InChI is InChI=1S/C18H19N3O3S/c1-23-13-6-7-14(16(11-13)24-2)18(22)19-12-15(17-5-3-10-25-17)21-9-4-8-20-21/h3-11,15H,12H2,1-2H3,(H,19,22). The topological polar surface area (TPSA) is 65.4 Å². The first-order chi connectivity index (χ1) is 12.2. The molecule has 0 fully saturated rings. The van der Waals surface area contributed by atoms with E-state index in [1.165, 1.54) is 7.11 Å². The highest BCUT2D eigenvalue weighted by Gasteiger charge is 2.19. The summed E-state index contributed by atoms with van der Waals surface area (Å²) in [7, 11) is 3.11. The maximum Gasteiger partial charge on any atom is 0.255 e. The Bertz CT molecular complexity index is 782. The van der Waals surface area contributed by atoms with Crippen LogP contribution >= 0.6 is 11.3 Å². The lowest BCUT2D eigenvalue weighted by Gasteiger charge is -2.18. The number of thiophene rings is 1. The Kier molecular flexibility index (Phi) is 5.35. The zero-order valence-electron chi connectivity index (χ0n) is 14.0. The Hall–Kier alpha value is -2.80. The monoisotopic (exact) mass is 357 g/mol. The van der Waals surface area contributed by atoms with Crippen molar-refractivity contribution in [2.45, 2.75) is 6.04 Å². The zero-order valence-corrected chi connectivity index (χ0v) is 14.8. The molecular weight excluding hydrogens is 338 g/mol. The van der Waals surface area contributed by atoms with Gasteiger partial charge in [0, 0.05) is 29.9 Å². The van der Waals surface area contributed by atoms with Crippen molar-refractivity contribution < 1.29 is 14.3 Å². The Labute approximate surface area is 150 Å². The number of hydrogen-bond acceptors (Lipinski definition) is 5. The molecule has 1 aromatic carbocycles. The number of ether oxygens (including phenoxy) is 2. The lowest BCUT2D eigenvalue weighted by molar-refractivity contribution is 0.0946. The fourth-order valence-electron chi connectivity index (χ4n) is 2.54. The van der Waals surface area contributed by atoms with Gasteiger partial charge in [-0.3, -0.25) is 9.48 Å². The van der Waals surface area contributed by atoms with Gasteiger partial charge in [-0.2, -0.15) is 5.10 Å². The van der Waals surface area contributed by atoms with Crippen LogP contribution in [0.25, 0.3) is 0 Å². The van der Waals surface area contributed by atoms with Crippen LogP contribution in [-0.4, -0.2) is 36.5 Å². The maximum absolute atomic E-state index is 12.6. The SMILES string of the molecule is COc1ccc(C(=O)NCC(c2cccs2)n2cccn2)c(OC)c1. The molecule has 0 saturated carbocycles. The molecule has 1 atom stereocenters. The molecule has 0 aliphatic heterocycles. The van der Waals surface area contributed by atoms with Crippen LogP contribution in [0.15, 0.2) is 54.2 Å². The van der Waals surface area contributed by atoms with Crippen molar-refractivity contribution in [1.29, 1.82) is 0 Å². The third kappa shape index (κ3) is 3.83. The fourth-order valence-corrected chi connectivity index (χ4v) is 3.36. The number of aromatic nitrogens is 2. The second-order valence-corrected chi connectivity index (χ2v) is 6.27. The highest BCUT2D eigenvalue weighted by atomic mass is 32.1. The molecular formula is C18H19N3O3S. The minimum atomic E-state index is -0.201. The Balaban J connectivity index is 1.76. The number of methoxy groups -OCH3 is 2. The molecule has 1 unspecified atom stereocenters. The summed E-state index contributed by atoms with van der Waals surface area (Å²) >= 11 is 1.64. The minimum absolute atomic E-state index is 0.0526. The van der Waals surface area contributed by atoms with E-state index < -0.39 is 0 Å². The van der Waals surface area contributed by atoms with E-state index in [0.717, 1.165) is 4.88 Å². The summed E-state index contributed by atoms with van der Waals surface area (Å²) in [6, 6.07) is 11.0. The van der Waals surface area contributed by atoms with E-state index in [9.17, 15) is 4.79 Å². The number of nitrogens with one attached hydrogen (secondary N) is 1. The molecule has 1 N–H and O–H groups in total. The molecule has 0 bridgehead atoms. The van der Waals surface area contributed by atoms with Crippen LogP contribution in [0.5, 0.6) is 11.5 Å². The number of nitrogens with zero attached hydrogens (tertiary/aromatic N) is 2. The third-order valence-electron chi connectivity index (χ3n) is 3.83. The first kappa shape index (κ1) is 17.0. The quantitative estimate of drug-likeness (QED) is 0.706. The van der Waals surface area contributed by atoms with Crippen molar-refractivity contribution in [1.82, 2.24) is 15.1 Å². The maximum atomic E-state index is 12.6. The van der Waals surface area contributed by atoms with E-state index in [1.54, 1.807) is 42.8 Å². The third-order valence-corrected chi connectivity index (χ3v) is 4.80. The average Bonchev–Trinajstić information content (AvgIpc) is 3.35. The van der Waals surface area contributed by atoms with Crippen LogP contribution in [0.2, 0.25) is 0 Å². The van der Waals surface area contributed by atoms with Crippen molar-refractivity contribution in [3.63, 3.8) is 0 Å². The van der Waals surface area contributed by atoms with Crippen LogP contribution in [0, 0.1) is 0 Å².